The van der Waals surface area contributed by atoms with Crippen LogP contribution >= 0.6 is 11.8 Å². The van der Waals surface area contributed by atoms with Gasteiger partial charge in [0.05, 0.1) is 5.69 Å². The van der Waals surface area contributed by atoms with E-state index in [1.165, 1.54) is 21.8 Å². The molecule has 2 rings (SSSR count). The molecule has 0 aliphatic heterocycles. The summed E-state index contributed by atoms with van der Waals surface area (Å²) in [7, 11) is 3.99. The van der Waals surface area contributed by atoms with Gasteiger partial charge in [-0.15, -0.1) is 11.8 Å². The van der Waals surface area contributed by atoms with Gasteiger partial charge in [0, 0.05) is 29.9 Å². The second-order valence-corrected chi connectivity index (χ2v) is 5.62. The van der Waals surface area contributed by atoms with Gasteiger partial charge in [-0.2, -0.15) is 5.10 Å². The minimum atomic E-state index is 0.917. The molecule has 0 bridgehead atoms. The molecule has 1 N–H and O–H groups in total. The third-order valence-electron chi connectivity index (χ3n) is 3.06. The average molecular weight is 275 g/mol. The molecule has 0 aliphatic carbocycles. The highest BCUT2D eigenvalue weighted by Gasteiger charge is 2.04. The van der Waals surface area contributed by atoms with Crippen molar-refractivity contribution in [1.29, 1.82) is 0 Å². The maximum Gasteiger partial charge on any atom is 0.0625 e. The van der Waals surface area contributed by atoms with Crippen molar-refractivity contribution in [3.8, 4) is 0 Å². The van der Waals surface area contributed by atoms with E-state index in [0.29, 0.717) is 0 Å². The van der Waals surface area contributed by atoms with Gasteiger partial charge in [-0.05, 0) is 37.2 Å². The standard InChI is InChI=1S/C15H21N3S/c1-4-13-9-14(18(3)17-13)11-19-15-7-5-6-12(8-15)10-16-2/h5-9,16H,4,10-11H2,1-3H3. The Kier molecular flexibility index (Phi) is 5.05. The summed E-state index contributed by atoms with van der Waals surface area (Å²) in [5.41, 5.74) is 3.77. The predicted octanol–water partition coefficient (Wildman–Crippen LogP) is 2.99. The third kappa shape index (κ3) is 3.85. The first kappa shape index (κ1) is 14.2. The fourth-order valence-electron chi connectivity index (χ4n) is 1.99. The molecule has 0 saturated carbocycles. The maximum absolute atomic E-state index is 4.48. The summed E-state index contributed by atoms with van der Waals surface area (Å²) < 4.78 is 1.99. The molecule has 0 unspecified atom stereocenters. The lowest BCUT2D eigenvalue weighted by Crippen LogP contribution is -2.04. The Hall–Kier alpha value is -1.26. The quantitative estimate of drug-likeness (QED) is 0.822. The average Bonchev–Trinajstić information content (AvgIpc) is 2.78. The van der Waals surface area contributed by atoms with Crippen molar-refractivity contribution in [3.63, 3.8) is 0 Å². The molecule has 19 heavy (non-hydrogen) atoms. The van der Waals surface area contributed by atoms with Gasteiger partial charge in [0.15, 0.2) is 0 Å². The van der Waals surface area contributed by atoms with Crippen molar-refractivity contribution >= 4 is 11.8 Å². The summed E-state index contributed by atoms with van der Waals surface area (Å²) >= 11 is 1.86. The smallest absolute Gasteiger partial charge is 0.0625 e. The van der Waals surface area contributed by atoms with E-state index < -0.39 is 0 Å². The molecule has 2 aromatic rings. The van der Waals surface area contributed by atoms with Crippen LogP contribution in [0.4, 0.5) is 0 Å². The van der Waals surface area contributed by atoms with Crippen molar-refractivity contribution in [2.24, 2.45) is 7.05 Å². The number of hydrogen-bond donors (Lipinski definition) is 1. The van der Waals surface area contributed by atoms with Crippen LogP contribution in [-0.4, -0.2) is 16.8 Å². The van der Waals surface area contributed by atoms with Crippen LogP contribution in [0.15, 0.2) is 35.2 Å². The Morgan fingerprint density at radius 2 is 2.16 bits per heavy atom. The first-order chi connectivity index (χ1) is 9.22. The Bertz CT molecular complexity index is 534. The van der Waals surface area contributed by atoms with Gasteiger partial charge in [-0.3, -0.25) is 4.68 Å². The number of rotatable bonds is 6. The Morgan fingerprint density at radius 1 is 1.32 bits per heavy atom. The molecule has 3 nitrogen and oxygen atoms in total. The number of hydrogen-bond acceptors (Lipinski definition) is 3. The van der Waals surface area contributed by atoms with E-state index in [0.717, 1.165) is 18.7 Å². The summed E-state index contributed by atoms with van der Waals surface area (Å²) in [5, 5.41) is 7.66. The summed E-state index contributed by atoms with van der Waals surface area (Å²) in [4.78, 5) is 1.31. The van der Waals surface area contributed by atoms with Gasteiger partial charge < -0.3 is 5.32 Å². The Morgan fingerprint density at radius 3 is 2.84 bits per heavy atom. The van der Waals surface area contributed by atoms with Crippen molar-refractivity contribution in [1.82, 2.24) is 15.1 Å². The van der Waals surface area contributed by atoms with E-state index in [4.69, 9.17) is 0 Å². The largest absolute Gasteiger partial charge is 0.316 e. The van der Waals surface area contributed by atoms with E-state index in [2.05, 4.69) is 47.7 Å². The molecule has 0 saturated heterocycles. The van der Waals surface area contributed by atoms with E-state index in [9.17, 15) is 0 Å². The van der Waals surface area contributed by atoms with Crippen LogP contribution in [0.3, 0.4) is 0 Å². The summed E-state index contributed by atoms with van der Waals surface area (Å²) in [6, 6.07) is 10.9. The lowest BCUT2D eigenvalue weighted by atomic mass is 10.2. The maximum atomic E-state index is 4.48. The molecule has 1 heterocycles. The SMILES string of the molecule is CCc1cc(CSc2cccc(CNC)c2)n(C)n1. The van der Waals surface area contributed by atoms with Gasteiger partial charge >= 0.3 is 0 Å². The normalized spacial score (nSPS) is 10.9. The fraction of sp³-hybridized carbons (Fsp3) is 0.400. The van der Waals surface area contributed by atoms with Crippen LogP contribution in [0.5, 0.6) is 0 Å². The summed E-state index contributed by atoms with van der Waals surface area (Å²) in [5.74, 6) is 0.965. The molecule has 0 aliphatic rings. The second kappa shape index (κ2) is 6.78. The van der Waals surface area contributed by atoms with Crippen LogP contribution in [0, 0.1) is 0 Å². The van der Waals surface area contributed by atoms with Gasteiger partial charge in [-0.1, -0.05) is 19.1 Å². The minimum Gasteiger partial charge on any atom is -0.316 e. The van der Waals surface area contributed by atoms with Crippen molar-refractivity contribution in [2.45, 2.75) is 30.5 Å². The molecule has 0 atom stereocenters. The van der Waals surface area contributed by atoms with E-state index >= 15 is 0 Å². The molecule has 102 valence electrons. The third-order valence-corrected chi connectivity index (χ3v) is 4.08. The van der Waals surface area contributed by atoms with Crippen molar-refractivity contribution in [2.75, 3.05) is 7.05 Å². The van der Waals surface area contributed by atoms with Crippen LogP contribution in [0.2, 0.25) is 0 Å². The Labute approximate surface area is 119 Å². The van der Waals surface area contributed by atoms with E-state index in [1.54, 1.807) is 0 Å². The number of thioether (sulfide) groups is 1. The number of benzene rings is 1. The van der Waals surface area contributed by atoms with Gasteiger partial charge in [0.25, 0.3) is 0 Å². The molecule has 0 fully saturated rings. The van der Waals surface area contributed by atoms with E-state index in [1.807, 2.05) is 30.5 Å². The minimum absolute atomic E-state index is 0.917. The Balaban J connectivity index is 2.01. The molecule has 0 radical (unpaired) electrons. The first-order valence-electron chi connectivity index (χ1n) is 6.61. The summed E-state index contributed by atoms with van der Waals surface area (Å²) in [6.45, 7) is 3.06. The zero-order valence-electron chi connectivity index (χ0n) is 11.8. The predicted molar refractivity (Wildman–Crippen MR) is 81.4 cm³/mol. The highest BCUT2D eigenvalue weighted by Crippen LogP contribution is 2.23. The van der Waals surface area contributed by atoms with Gasteiger partial charge in [0.2, 0.25) is 0 Å². The molecule has 0 amide bonds. The molecule has 4 heteroatoms. The number of nitrogens with zero attached hydrogens (tertiary/aromatic N) is 2. The molecular weight excluding hydrogens is 254 g/mol. The molecular formula is C15H21N3S. The fourth-order valence-corrected chi connectivity index (χ4v) is 2.98. The van der Waals surface area contributed by atoms with Gasteiger partial charge in [0.1, 0.15) is 0 Å². The second-order valence-electron chi connectivity index (χ2n) is 4.57. The number of aromatic nitrogens is 2. The monoisotopic (exact) mass is 275 g/mol. The van der Waals surface area contributed by atoms with Crippen LogP contribution in [0.25, 0.3) is 0 Å². The van der Waals surface area contributed by atoms with Crippen molar-refractivity contribution in [3.05, 3.63) is 47.3 Å². The van der Waals surface area contributed by atoms with Crippen molar-refractivity contribution < 1.29 is 0 Å². The number of nitrogens with one attached hydrogen (secondary N) is 1. The van der Waals surface area contributed by atoms with Crippen LogP contribution in [0.1, 0.15) is 23.9 Å². The number of aryl methyl sites for hydroxylation is 2. The molecule has 1 aromatic carbocycles. The molecule has 1 aromatic heterocycles. The highest BCUT2D eigenvalue weighted by molar-refractivity contribution is 7.98. The first-order valence-corrected chi connectivity index (χ1v) is 7.59. The highest BCUT2D eigenvalue weighted by atomic mass is 32.2. The zero-order chi connectivity index (χ0) is 13.7. The lowest BCUT2D eigenvalue weighted by Gasteiger charge is -2.05. The van der Waals surface area contributed by atoms with Crippen LogP contribution < -0.4 is 5.32 Å². The van der Waals surface area contributed by atoms with E-state index in [-0.39, 0.29) is 0 Å². The lowest BCUT2D eigenvalue weighted by molar-refractivity contribution is 0.720. The summed E-state index contributed by atoms with van der Waals surface area (Å²) in [6.07, 6.45) is 0.996. The zero-order valence-corrected chi connectivity index (χ0v) is 12.6. The topological polar surface area (TPSA) is 29.9 Å². The van der Waals surface area contributed by atoms with Crippen LogP contribution in [-0.2, 0) is 25.8 Å². The van der Waals surface area contributed by atoms with Gasteiger partial charge in [-0.25, -0.2) is 0 Å². The molecule has 0 spiro atoms.